The molecule has 0 unspecified atom stereocenters. The van der Waals surface area contributed by atoms with Crippen LogP contribution in [0.2, 0.25) is 0 Å². The average Bonchev–Trinajstić information content (AvgIpc) is 0. The molecule has 0 spiro atoms. The molecule has 48 valence electrons. The quantitative estimate of drug-likeness (QED) is 0.240. The summed E-state index contributed by atoms with van der Waals surface area (Å²) in [6.07, 6.45) is 0. The summed E-state index contributed by atoms with van der Waals surface area (Å²) in [6, 6.07) is 0. The van der Waals surface area contributed by atoms with E-state index in [9.17, 15) is 0 Å². The Morgan fingerprint density at radius 2 is 0.167 bits per heavy atom. The summed E-state index contributed by atoms with van der Waals surface area (Å²) in [6.45, 7) is 0. The summed E-state index contributed by atoms with van der Waals surface area (Å²) in [5.41, 5.74) is 0. The first kappa shape index (κ1) is 107. The zero-order valence-electron chi connectivity index (χ0n) is 6.69. The van der Waals surface area contributed by atoms with Gasteiger partial charge in [-0.25, -0.2) is 0 Å². The van der Waals surface area contributed by atoms with Gasteiger partial charge in [-0.3, -0.25) is 0 Å². The molecule has 0 saturated carbocycles. The molecule has 12 heteroatoms. The first-order valence-corrected chi connectivity index (χ1v) is 0. The predicted molar refractivity (Wildman–Crippen MR) is 34.5 cm³/mol. The van der Waals surface area contributed by atoms with Crippen molar-refractivity contribution < 1.29 is 164 Å². The van der Waals surface area contributed by atoms with Gasteiger partial charge in [0.15, 0.2) is 0 Å². The second-order valence-electron chi connectivity index (χ2n) is 0. The van der Waals surface area contributed by atoms with Crippen LogP contribution in [0.4, 0.5) is 0 Å². The van der Waals surface area contributed by atoms with E-state index in [0.29, 0.717) is 0 Å². The molecular formula is Cd6Se6. The van der Waals surface area contributed by atoms with Crippen LogP contribution in [0.5, 0.6) is 0 Å². The molecule has 0 aromatic rings. The van der Waals surface area contributed by atoms with Crippen LogP contribution in [-0.2, 0) is 164 Å². The third-order valence-electron chi connectivity index (χ3n) is 0. The van der Waals surface area contributed by atoms with Crippen LogP contribution in [0.15, 0.2) is 0 Å². The van der Waals surface area contributed by atoms with Crippen molar-refractivity contribution in [3.8, 4) is 0 Å². The zero-order valence-corrected chi connectivity index (χ0v) is 41.2. The second kappa shape index (κ2) is 91.4. The molecule has 0 nitrogen and oxygen atoms in total. The van der Waals surface area contributed by atoms with Crippen molar-refractivity contribution in [3.63, 3.8) is 0 Å². The summed E-state index contributed by atoms with van der Waals surface area (Å²) in [4.78, 5) is 0. The fourth-order valence-corrected chi connectivity index (χ4v) is 0. The van der Waals surface area contributed by atoms with Gasteiger partial charge in [0.1, 0.15) is 0 Å². The Hall–Kier alpha value is 8.65. The van der Waals surface area contributed by atoms with E-state index in [4.69, 9.17) is 0 Å². The van der Waals surface area contributed by atoms with Crippen LogP contribution in [0.3, 0.4) is 0 Å². The molecule has 0 bridgehead atoms. The Morgan fingerprint density at radius 3 is 0.167 bits per heavy atom. The predicted octanol–water partition coefficient (Wildman–Crippen LogP) is -2.30. The fraction of sp³-hybridized carbons (Fsp3) is 0. The molecule has 0 aromatic carbocycles. The van der Waals surface area contributed by atoms with Crippen LogP contribution < -0.4 is 0 Å². The molecule has 12 heavy (non-hydrogen) atoms. The molecule has 0 amide bonds. The maximum atomic E-state index is 0. The standard InChI is InChI=1S/6Cd.6Se. The molecule has 0 atom stereocenters. The van der Waals surface area contributed by atoms with Crippen molar-refractivity contribution >= 4 is 102 Å². The molecule has 0 N–H and O–H groups in total. The summed E-state index contributed by atoms with van der Waals surface area (Å²) in [7, 11) is 0. The van der Waals surface area contributed by atoms with Crippen LogP contribution >= 0.6 is 0 Å². The minimum absolute atomic E-state index is 0. The van der Waals surface area contributed by atoms with Gasteiger partial charge < -0.3 is 0 Å². The molecule has 0 aliphatic rings. The molecular weight excluding hydrogens is 1150 g/mol. The van der Waals surface area contributed by atoms with Crippen LogP contribution in [-0.4, -0.2) is 102 Å². The fourth-order valence-electron chi connectivity index (χ4n) is 0. The van der Waals surface area contributed by atoms with Gasteiger partial charge in [-0.2, -0.15) is 0 Å². The largest absolute Gasteiger partial charge is 0 e. The molecule has 0 fully saturated rings. The van der Waals surface area contributed by atoms with E-state index in [1.165, 1.54) is 0 Å². The Balaban J connectivity index is 0. The topological polar surface area (TPSA) is 0 Å². The van der Waals surface area contributed by atoms with Gasteiger partial charge in [0.25, 0.3) is 0 Å². The van der Waals surface area contributed by atoms with Gasteiger partial charge in [-0.15, -0.1) is 0 Å². The van der Waals surface area contributed by atoms with Gasteiger partial charge in [-0.05, 0) is 0 Å². The van der Waals surface area contributed by atoms with Crippen LogP contribution in [0.25, 0.3) is 0 Å². The van der Waals surface area contributed by atoms with E-state index in [1.54, 1.807) is 0 Å². The zero-order chi connectivity index (χ0) is 0. The van der Waals surface area contributed by atoms with E-state index in [2.05, 4.69) is 0 Å². The monoisotopic (exact) mass is 1160 g/mol. The summed E-state index contributed by atoms with van der Waals surface area (Å²) in [5, 5.41) is 0. The van der Waals surface area contributed by atoms with Crippen molar-refractivity contribution in [3.05, 3.63) is 0 Å². The van der Waals surface area contributed by atoms with Gasteiger partial charge in [0.2, 0.25) is 0 Å². The molecule has 0 aliphatic heterocycles. The van der Waals surface area contributed by atoms with E-state index >= 15 is 0 Å². The number of rotatable bonds is 0. The molecule has 0 rings (SSSR count). The summed E-state index contributed by atoms with van der Waals surface area (Å²) < 4.78 is 0. The third-order valence-corrected chi connectivity index (χ3v) is 0. The Labute approximate surface area is 259 Å². The third kappa shape index (κ3) is 77.7. The van der Waals surface area contributed by atoms with Crippen molar-refractivity contribution in [2.24, 2.45) is 0 Å². The number of hydrogen-bond donors (Lipinski definition) is 0. The molecule has 0 aliphatic carbocycles. The van der Waals surface area contributed by atoms with E-state index in [1.807, 2.05) is 0 Å². The first-order valence-electron chi connectivity index (χ1n) is 0. The van der Waals surface area contributed by atoms with Gasteiger partial charge in [0.05, 0.1) is 0 Å². The smallest absolute Gasteiger partial charge is 0 e. The minimum Gasteiger partial charge on any atom is 0 e. The summed E-state index contributed by atoms with van der Waals surface area (Å²) in [5.74, 6) is 0. The van der Waals surface area contributed by atoms with Crippen molar-refractivity contribution in [2.45, 2.75) is 0 Å². The SMILES string of the molecule is [Cd].[Cd].[Cd].[Cd].[Cd].[Cd].[Se].[Se].[Se].[Se].[Se].[Se]. The molecule has 12 radical (unpaired) electrons. The molecule has 0 heterocycles. The molecule has 0 saturated heterocycles. The second-order valence-corrected chi connectivity index (χ2v) is 0. The number of hydrogen-bond acceptors (Lipinski definition) is 0. The minimum atomic E-state index is 0. The van der Waals surface area contributed by atoms with Gasteiger partial charge in [0, 0.05) is 266 Å². The first-order chi connectivity index (χ1) is 0. The Morgan fingerprint density at radius 1 is 0.167 bits per heavy atom. The van der Waals surface area contributed by atoms with Gasteiger partial charge >= 0.3 is 0 Å². The average molecular weight is 1150 g/mol. The van der Waals surface area contributed by atoms with Crippen molar-refractivity contribution in [1.29, 1.82) is 0 Å². The van der Waals surface area contributed by atoms with Crippen LogP contribution in [0.1, 0.15) is 0 Å². The van der Waals surface area contributed by atoms with Gasteiger partial charge in [-0.1, -0.05) is 0 Å². The van der Waals surface area contributed by atoms with Crippen molar-refractivity contribution in [1.82, 2.24) is 0 Å². The normalized spacial score (nSPS) is 0. The van der Waals surface area contributed by atoms with E-state index < -0.39 is 0 Å². The maximum absolute atomic E-state index is 0. The van der Waals surface area contributed by atoms with Crippen LogP contribution in [0, 0.1) is 0 Å². The van der Waals surface area contributed by atoms with E-state index in [-0.39, 0.29) is 266 Å². The van der Waals surface area contributed by atoms with E-state index in [0.717, 1.165) is 0 Å². The molecule has 0 aromatic heterocycles. The Kier molecular flexibility index (Phi) is 811. The summed E-state index contributed by atoms with van der Waals surface area (Å²) >= 11 is 0. The maximum Gasteiger partial charge on any atom is 0 e. The van der Waals surface area contributed by atoms with Crippen molar-refractivity contribution in [2.75, 3.05) is 0 Å². The Bertz CT molecular complexity index is 12.0.